The van der Waals surface area contributed by atoms with Crippen LogP contribution in [0.15, 0.2) is 150 Å². The molecule has 0 N–H and O–H groups in total. The summed E-state index contributed by atoms with van der Waals surface area (Å²) >= 11 is 1.80. The van der Waals surface area contributed by atoms with Gasteiger partial charge in [0.25, 0.3) is 0 Å². The molecule has 5 nitrogen and oxygen atoms in total. The van der Waals surface area contributed by atoms with E-state index in [1.165, 1.54) is 100.0 Å². The molecule has 0 unspecified atom stereocenters. The van der Waals surface area contributed by atoms with Crippen molar-refractivity contribution in [1.29, 1.82) is 0 Å². The van der Waals surface area contributed by atoms with Crippen LogP contribution in [-0.4, -0.2) is 27.2 Å². The lowest BCUT2D eigenvalue weighted by Gasteiger charge is -2.31. The molecule has 0 saturated carbocycles. The summed E-state index contributed by atoms with van der Waals surface area (Å²) in [7, 11) is 0. The molecule has 6 heteroatoms. The van der Waals surface area contributed by atoms with Crippen molar-refractivity contribution in [2.45, 2.75) is 118 Å². The molecular weight excluding hydrogens is 863 g/mol. The van der Waals surface area contributed by atoms with Crippen molar-refractivity contribution in [2.75, 3.05) is 11.4 Å². The second kappa shape index (κ2) is 20.2. The van der Waals surface area contributed by atoms with Crippen LogP contribution in [0, 0.1) is 13.8 Å². The fraction of sp³-hybridized carbons (Fsp3) is 0.302. The molecule has 0 atom stereocenters. The number of nitrogens with zero attached hydrogens (tertiary/aromatic N) is 3. The Morgan fingerprint density at radius 1 is 0.652 bits per heavy atom. The number of thiophene rings is 1. The van der Waals surface area contributed by atoms with E-state index in [1.54, 1.807) is 11.3 Å². The van der Waals surface area contributed by atoms with Crippen molar-refractivity contribution >= 4 is 82.9 Å². The minimum Gasteiger partial charge on any atom is -0.871 e. The summed E-state index contributed by atoms with van der Waals surface area (Å²) in [5.41, 5.74) is 11.6. The van der Waals surface area contributed by atoms with Crippen molar-refractivity contribution in [3.05, 3.63) is 172 Å². The highest BCUT2D eigenvalue weighted by molar-refractivity contribution is 7.19. The number of unbranched alkanes of at least 4 members (excludes halogenated alkanes) is 10. The van der Waals surface area contributed by atoms with Gasteiger partial charge in [-0.25, -0.2) is 0 Å². The van der Waals surface area contributed by atoms with E-state index >= 15 is 0 Å². The number of anilines is 3. The van der Waals surface area contributed by atoms with Gasteiger partial charge < -0.3 is 14.6 Å². The number of hydrogen-bond donors (Lipinski definition) is 0. The minimum absolute atomic E-state index is 0.152. The predicted molar refractivity (Wildman–Crippen MR) is 291 cm³/mol. The fourth-order valence-electron chi connectivity index (χ4n) is 11.0. The first-order valence-electron chi connectivity index (χ1n) is 25.7. The average molecular weight is 928 g/mol. The normalized spacial score (nSPS) is 14.6. The topological polar surface area (TPSA) is 51.3 Å². The van der Waals surface area contributed by atoms with Crippen molar-refractivity contribution in [1.82, 2.24) is 4.57 Å². The second-order valence-corrected chi connectivity index (χ2v) is 20.5. The molecule has 6 aromatic carbocycles. The number of benzene rings is 6. The summed E-state index contributed by atoms with van der Waals surface area (Å²) in [5.74, 6) is -0.303. The van der Waals surface area contributed by atoms with Gasteiger partial charge in [0, 0.05) is 74.4 Å². The fourth-order valence-corrected chi connectivity index (χ4v) is 12.1. The van der Waals surface area contributed by atoms with Crippen LogP contribution in [-0.2, 0) is 11.3 Å². The number of ketones is 1. The maximum absolute atomic E-state index is 14.6. The number of rotatable bonds is 20. The number of hydrogen-bond acceptors (Lipinski definition) is 4. The summed E-state index contributed by atoms with van der Waals surface area (Å²) in [6, 6.07) is 46.1. The van der Waals surface area contributed by atoms with Crippen molar-refractivity contribution in [2.24, 2.45) is 0 Å². The van der Waals surface area contributed by atoms with E-state index in [9.17, 15) is 9.90 Å². The van der Waals surface area contributed by atoms with E-state index < -0.39 is 0 Å². The second-order valence-electron chi connectivity index (χ2n) is 19.5. The van der Waals surface area contributed by atoms with Gasteiger partial charge in [-0.2, -0.15) is 4.58 Å². The van der Waals surface area contributed by atoms with Crippen LogP contribution in [0.25, 0.3) is 48.5 Å². The van der Waals surface area contributed by atoms with Gasteiger partial charge in [-0.05, 0) is 105 Å². The summed E-state index contributed by atoms with van der Waals surface area (Å²) in [5, 5.41) is 22.7. The number of aromatic nitrogens is 1. The van der Waals surface area contributed by atoms with Gasteiger partial charge in [-0.1, -0.05) is 155 Å². The van der Waals surface area contributed by atoms with Crippen LogP contribution >= 0.6 is 11.3 Å². The van der Waals surface area contributed by atoms with E-state index in [-0.39, 0.29) is 17.1 Å². The lowest BCUT2D eigenvalue weighted by atomic mass is 9.82. The summed E-state index contributed by atoms with van der Waals surface area (Å²) in [6.07, 6.45) is 16.2. The molecule has 3 heterocycles. The molecule has 0 amide bonds. The highest BCUT2D eigenvalue weighted by atomic mass is 32.1. The van der Waals surface area contributed by atoms with E-state index in [0.717, 1.165) is 88.4 Å². The highest BCUT2D eigenvalue weighted by Crippen LogP contribution is 2.47. The smallest absolute Gasteiger partial charge is 0.214 e. The third-order valence-corrected chi connectivity index (χ3v) is 15.8. The Labute approximate surface area is 412 Å². The lowest BCUT2D eigenvalue weighted by molar-refractivity contribution is -0.436. The largest absolute Gasteiger partial charge is 0.871 e. The molecule has 0 saturated heterocycles. The molecule has 1 aliphatic carbocycles. The highest BCUT2D eigenvalue weighted by Gasteiger charge is 2.36. The number of Topliss-reactive ketones (excluding diaryl/α,β-unsaturated/α-hetero) is 1. The van der Waals surface area contributed by atoms with E-state index in [0.29, 0.717) is 5.57 Å². The van der Waals surface area contributed by atoms with E-state index in [2.05, 4.69) is 169 Å². The Kier molecular flexibility index (Phi) is 13.6. The van der Waals surface area contributed by atoms with Crippen molar-refractivity contribution < 1.29 is 14.5 Å². The Balaban J connectivity index is 1.04. The maximum atomic E-state index is 14.6. The standard InChI is InChI=1S/C63H65N3O2S/c1-6-8-10-12-14-16-39-64-54-36-35-48(56-37-38-57(69-56)66(46-31-27-42(3)28-32-46)47-33-29-43(4)30-34-47)49-23-20-24-50(60(49)54)55(64)41-52-62(67)58(63(52)68)44(5)61-51-25-18-21-45-22-19-26-53(59(45)51)65(61)40-17-15-13-11-9-7-2/h18-38,41H,6-17,39-40H2,1-5H3. The average Bonchev–Trinajstić information content (AvgIpc) is 4.06. The molecule has 0 radical (unpaired) electrons. The van der Waals surface area contributed by atoms with Crippen LogP contribution in [0.2, 0.25) is 0 Å². The molecule has 69 heavy (non-hydrogen) atoms. The Morgan fingerprint density at radius 3 is 1.96 bits per heavy atom. The minimum atomic E-state index is -0.152. The number of aryl methyl sites for hydroxylation is 3. The Hall–Kier alpha value is -6.50. The predicted octanol–water partition coefficient (Wildman–Crippen LogP) is 15.6. The zero-order valence-electron chi connectivity index (χ0n) is 41.2. The first-order chi connectivity index (χ1) is 33.8. The molecule has 2 aliphatic rings. The van der Waals surface area contributed by atoms with Gasteiger partial charge in [0.05, 0.1) is 16.3 Å². The molecule has 0 bridgehead atoms. The summed E-state index contributed by atoms with van der Waals surface area (Å²) in [4.78, 5) is 18.2. The lowest BCUT2D eigenvalue weighted by Crippen LogP contribution is -2.34. The van der Waals surface area contributed by atoms with Crippen molar-refractivity contribution in [3.8, 4) is 10.4 Å². The van der Waals surface area contributed by atoms with Gasteiger partial charge in [-0.3, -0.25) is 4.79 Å². The Morgan fingerprint density at radius 2 is 1.28 bits per heavy atom. The summed E-state index contributed by atoms with van der Waals surface area (Å²) in [6.45, 7) is 12.4. The van der Waals surface area contributed by atoms with Crippen LogP contribution < -0.4 is 15.4 Å². The molecule has 1 aliphatic heterocycles. The SMILES string of the molecule is CCCCCCCCn1/c(=C(\C)C2=C([O-])C(=CC3=[N+](CCCCCCCC)c4ccc(-c5ccc(N(c6ccc(C)cc6)c6ccc(C)cc6)s5)c5cccc3c45)C2=O)c2cccc3cccc1c32. The maximum Gasteiger partial charge on any atom is 0.214 e. The molecule has 350 valence electrons. The zero-order chi connectivity index (χ0) is 47.6. The molecule has 0 spiro atoms. The third kappa shape index (κ3) is 8.78. The molecule has 0 fully saturated rings. The quantitative estimate of drug-likeness (QED) is 0.0435. The van der Waals surface area contributed by atoms with E-state index in [1.807, 2.05) is 13.0 Å². The van der Waals surface area contributed by atoms with Gasteiger partial charge in [-0.15, -0.1) is 11.3 Å². The van der Waals surface area contributed by atoms with Crippen LogP contribution in [0.5, 0.6) is 0 Å². The van der Waals surface area contributed by atoms with Crippen LogP contribution in [0.1, 0.15) is 115 Å². The monoisotopic (exact) mass is 927 g/mol. The molecular formula is C63H65N3O2S. The zero-order valence-corrected chi connectivity index (χ0v) is 42.0. The molecule has 10 rings (SSSR count). The number of carbonyl (C=O) groups is 1. The molecule has 2 aromatic heterocycles. The first-order valence-corrected chi connectivity index (χ1v) is 26.5. The summed E-state index contributed by atoms with van der Waals surface area (Å²) < 4.78 is 4.79. The van der Waals surface area contributed by atoms with Crippen LogP contribution in [0.3, 0.4) is 0 Å². The third-order valence-electron chi connectivity index (χ3n) is 14.7. The van der Waals surface area contributed by atoms with Gasteiger partial charge in [0.2, 0.25) is 11.4 Å². The number of carbonyl (C=O) groups excluding carboxylic acids is 1. The Bertz CT molecular complexity index is 3310. The van der Waals surface area contributed by atoms with Crippen LogP contribution in [0.4, 0.5) is 22.1 Å². The van der Waals surface area contributed by atoms with Gasteiger partial charge >= 0.3 is 0 Å². The van der Waals surface area contributed by atoms with Gasteiger partial charge in [0.15, 0.2) is 5.78 Å². The number of allylic oxidation sites excluding steroid dienone is 3. The van der Waals surface area contributed by atoms with Gasteiger partial charge in [0.1, 0.15) is 11.5 Å². The van der Waals surface area contributed by atoms with Crippen molar-refractivity contribution in [3.63, 3.8) is 0 Å². The van der Waals surface area contributed by atoms with E-state index in [4.69, 9.17) is 0 Å². The molecule has 8 aromatic rings. The first kappa shape index (κ1) is 46.2.